The number of anilines is 1. The number of halogens is 1. The van der Waals surface area contributed by atoms with Gasteiger partial charge in [-0.2, -0.15) is 0 Å². The summed E-state index contributed by atoms with van der Waals surface area (Å²) in [5, 5.41) is 3.63. The first-order valence-electron chi connectivity index (χ1n) is 6.93. The van der Waals surface area contributed by atoms with E-state index < -0.39 is 0 Å². The standard InChI is InChI=1S/C15H21ClN2O/c1-10-5-3-2-4-6-14(10)18-15(19)11-7-12(16)9-13(17)8-11/h7-10,14H,2-6,17H2,1H3,(H,18,19). The predicted octanol–water partition coefficient (Wildman–Crippen LogP) is 3.62. The van der Waals surface area contributed by atoms with Crippen molar-refractivity contribution >= 4 is 23.2 Å². The molecule has 3 N–H and O–H groups in total. The van der Waals surface area contributed by atoms with Crippen molar-refractivity contribution in [2.24, 2.45) is 5.92 Å². The molecule has 3 nitrogen and oxygen atoms in total. The van der Waals surface area contributed by atoms with Crippen molar-refractivity contribution in [3.05, 3.63) is 28.8 Å². The molecule has 0 saturated heterocycles. The van der Waals surface area contributed by atoms with Crippen LogP contribution in [-0.2, 0) is 0 Å². The smallest absolute Gasteiger partial charge is 0.251 e. The zero-order chi connectivity index (χ0) is 13.8. The van der Waals surface area contributed by atoms with Crippen LogP contribution < -0.4 is 11.1 Å². The van der Waals surface area contributed by atoms with E-state index in [1.807, 2.05) is 0 Å². The lowest BCUT2D eigenvalue weighted by molar-refractivity contribution is 0.0921. The summed E-state index contributed by atoms with van der Waals surface area (Å²) in [5.41, 5.74) is 6.78. The van der Waals surface area contributed by atoms with Gasteiger partial charge in [0.1, 0.15) is 0 Å². The minimum atomic E-state index is -0.0760. The Kier molecular flexibility index (Phi) is 4.70. The van der Waals surface area contributed by atoms with E-state index in [1.54, 1.807) is 18.2 Å². The van der Waals surface area contributed by atoms with Crippen LogP contribution in [0, 0.1) is 5.92 Å². The Bertz CT molecular complexity index is 441. The summed E-state index contributed by atoms with van der Waals surface area (Å²) in [5.74, 6) is 0.455. The summed E-state index contributed by atoms with van der Waals surface area (Å²) in [7, 11) is 0. The van der Waals surface area contributed by atoms with Gasteiger partial charge in [0.2, 0.25) is 0 Å². The van der Waals surface area contributed by atoms with Crippen molar-refractivity contribution in [1.82, 2.24) is 5.32 Å². The number of nitrogens with two attached hydrogens (primary N) is 1. The average molecular weight is 281 g/mol. The Labute approximate surface area is 119 Å². The van der Waals surface area contributed by atoms with E-state index >= 15 is 0 Å². The van der Waals surface area contributed by atoms with Gasteiger partial charge in [0.15, 0.2) is 0 Å². The number of carbonyl (C=O) groups excluding carboxylic acids is 1. The van der Waals surface area contributed by atoms with Crippen LogP contribution in [-0.4, -0.2) is 11.9 Å². The number of rotatable bonds is 2. The van der Waals surface area contributed by atoms with Crippen molar-refractivity contribution in [1.29, 1.82) is 0 Å². The summed E-state index contributed by atoms with van der Waals surface area (Å²) in [6.45, 7) is 2.21. The molecule has 4 heteroatoms. The molecule has 1 aliphatic carbocycles. The number of hydrogen-bond acceptors (Lipinski definition) is 2. The molecule has 0 spiro atoms. The summed E-state index contributed by atoms with van der Waals surface area (Å²) in [6.07, 6.45) is 5.96. The summed E-state index contributed by atoms with van der Waals surface area (Å²) in [4.78, 5) is 12.2. The third-order valence-electron chi connectivity index (χ3n) is 3.86. The Morgan fingerprint density at radius 1 is 1.26 bits per heavy atom. The van der Waals surface area contributed by atoms with Crippen molar-refractivity contribution in [3.63, 3.8) is 0 Å². The third-order valence-corrected chi connectivity index (χ3v) is 4.08. The van der Waals surface area contributed by atoms with Crippen LogP contribution in [0.5, 0.6) is 0 Å². The van der Waals surface area contributed by atoms with Crippen LogP contribution in [0.25, 0.3) is 0 Å². The molecule has 1 aliphatic rings. The van der Waals surface area contributed by atoms with Crippen LogP contribution in [0.15, 0.2) is 18.2 Å². The third kappa shape index (κ3) is 3.87. The molecule has 2 unspecified atom stereocenters. The molecule has 1 fully saturated rings. The van der Waals surface area contributed by atoms with Crippen LogP contribution in [0.4, 0.5) is 5.69 Å². The van der Waals surface area contributed by atoms with E-state index in [4.69, 9.17) is 17.3 Å². The van der Waals surface area contributed by atoms with Gasteiger partial charge < -0.3 is 11.1 Å². The second kappa shape index (κ2) is 6.29. The van der Waals surface area contributed by atoms with Crippen molar-refractivity contribution in [3.8, 4) is 0 Å². The second-order valence-corrected chi connectivity index (χ2v) is 5.90. The number of nitrogens with one attached hydrogen (secondary N) is 1. The summed E-state index contributed by atoms with van der Waals surface area (Å²) < 4.78 is 0. The molecule has 1 saturated carbocycles. The lowest BCUT2D eigenvalue weighted by Crippen LogP contribution is -2.38. The Morgan fingerprint density at radius 3 is 2.74 bits per heavy atom. The fourth-order valence-electron chi connectivity index (χ4n) is 2.70. The first-order chi connectivity index (χ1) is 9.06. The highest BCUT2D eigenvalue weighted by Crippen LogP contribution is 2.24. The number of carbonyl (C=O) groups is 1. The molecule has 19 heavy (non-hydrogen) atoms. The van der Waals surface area contributed by atoms with Gasteiger partial charge in [0.25, 0.3) is 5.91 Å². The maximum atomic E-state index is 12.2. The first-order valence-corrected chi connectivity index (χ1v) is 7.31. The number of amides is 1. The van der Waals surface area contributed by atoms with Crippen molar-refractivity contribution < 1.29 is 4.79 Å². The van der Waals surface area contributed by atoms with Gasteiger partial charge in [0.05, 0.1) is 0 Å². The van der Waals surface area contributed by atoms with Crippen LogP contribution in [0.1, 0.15) is 49.4 Å². The van der Waals surface area contributed by atoms with Crippen LogP contribution in [0.3, 0.4) is 0 Å². The normalized spacial score (nSPS) is 23.7. The Hall–Kier alpha value is -1.22. The molecule has 0 radical (unpaired) electrons. The molecule has 1 aromatic carbocycles. The quantitative estimate of drug-likeness (QED) is 0.642. The topological polar surface area (TPSA) is 55.1 Å². The van der Waals surface area contributed by atoms with Gasteiger partial charge in [-0.3, -0.25) is 4.79 Å². The van der Waals surface area contributed by atoms with Crippen molar-refractivity contribution in [2.45, 2.75) is 45.1 Å². The summed E-state index contributed by atoms with van der Waals surface area (Å²) in [6, 6.07) is 5.24. The fourth-order valence-corrected chi connectivity index (χ4v) is 2.95. The van der Waals surface area contributed by atoms with Gasteiger partial charge in [-0.15, -0.1) is 0 Å². The molecule has 2 rings (SSSR count). The molecular formula is C15H21ClN2O. The Morgan fingerprint density at radius 2 is 2.00 bits per heavy atom. The molecule has 0 aromatic heterocycles. The highest BCUT2D eigenvalue weighted by Gasteiger charge is 2.22. The van der Waals surface area contributed by atoms with Crippen molar-refractivity contribution in [2.75, 3.05) is 5.73 Å². The fraction of sp³-hybridized carbons (Fsp3) is 0.533. The van der Waals surface area contributed by atoms with Gasteiger partial charge in [-0.05, 0) is 37.0 Å². The zero-order valence-electron chi connectivity index (χ0n) is 11.3. The largest absolute Gasteiger partial charge is 0.399 e. The van der Waals surface area contributed by atoms with Crippen LogP contribution >= 0.6 is 11.6 Å². The van der Waals surface area contributed by atoms with E-state index in [-0.39, 0.29) is 11.9 Å². The SMILES string of the molecule is CC1CCCCCC1NC(=O)c1cc(N)cc(Cl)c1. The van der Waals surface area contributed by atoms with Gasteiger partial charge in [-0.1, -0.05) is 37.8 Å². The Balaban J connectivity index is 2.07. The molecule has 0 heterocycles. The molecular weight excluding hydrogens is 260 g/mol. The maximum Gasteiger partial charge on any atom is 0.251 e. The van der Waals surface area contributed by atoms with Crippen LogP contribution in [0.2, 0.25) is 5.02 Å². The van der Waals surface area contributed by atoms with Gasteiger partial charge in [-0.25, -0.2) is 0 Å². The lowest BCUT2D eigenvalue weighted by atomic mass is 9.96. The number of benzene rings is 1. The molecule has 0 aliphatic heterocycles. The molecule has 2 atom stereocenters. The first kappa shape index (κ1) is 14.2. The molecule has 1 amide bonds. The van der Waals surface area contributed by atoms with E-state index in [0.29, 0.717) is 22.2 Å². The zero-order valence-corrected chi connectivity index (χ0v) is 12.0. The van der Waals surface area contributed by atoms with Gasteiger partial charge >= 0.3 is 0 Å². The number of nitrogen functional groups attached to an aromatic ring is 1. The highest BCUT2D eigenvalue weighted by molar-refractivity contribution is 6.31. The molecule has 104 valence electrons. The summed E-state index contributed by atoms with van der Waals surface area (Å²) >= 11 is 5.93. The second-order valence-electron chi connectivity index (χ2n) is 5.47. The molecule has 0 bridgehead atoms. The van der Waals surface area contributed by atoms with E-state index in [0.717, 1.165) is 6.42 Å². The van der Waals surface area contributed by atoms with E-state index in [1.165, 1.54) is 25.7 Å². The van der Waals surface area contributed by atoms with E-state index in [9.17, 15) is 4.79 Å². The van der Waals surface area contributed by atoms with E-state index in [2.05, 4.69) is 12.2 Å². The predicted molar refractivity (Wildman–Crippen MR) is 79.4 cm³/mol. The molecule has 1 aromatic rings. The minimum Gasteiger partial charge on any atom is -0.399 e. The highest BCUT2D eigenvalue weighted by atomic mass is 35.5. The van der Waals surface area contributed by atoms with Gasteiger partial charge in [0, 0.05) is 22.3 Å². The minimum absolute atomic E-state index is 0.0760. The monoisotopic (exact) mass is 280 g/mol. The maximum absolute atomic E-state index is 12.2. The average Bonchev–Trinajstić information content (AvgIpc) is 2.54. The lowest BCUT2D eigenvalue weighted by Gasteiger charge is -2.23. The number of hydrogen-bond donors (Lipinski definition) is 2.